The van der Waals surface area contributed by atoms with Crippen molar-refractivity contribution in [3.8, 4) is 0 Å². The molecule has 3 rings (SSSR count). The van der Waals surface area contributed by atoms with Gasteiger partial charge in [0.15, 0.2) is 11.5 Å². The van der Waals surface area contributed by atoms with Crippen molar-refractivity contribution in [3.05, 3.63) is 59.0 Å². The minimum Gasteiger partial charge on any atom is -0.461 e. The van der Waals surface area contributed by atoms with Crippen molar-refractivity contribution in [2.45, 2.75) is 46.0 Å². The fourth-order valence-corrected chi connectivity index (χ4v) is 3.21. The molecule has 7 nitrogen and oxygen atoms in total. The van der Waals surface area contributed by atoms with E-state index < -0.39 is 17.9 Å². The van der Waals surface area contributed by atoms with Crippen LogP contribution in [0.5, 0.6) is 0 Å². The fraction of sp³-hybridized carbons (Fsp3) is 0.478. The van der Waals surface area contributed by atoms with Crippen molar-refractivity contribution in [1.29, 1.82) is 0 Å². The normalized spacial score (nSPS) is 19.0. The van der Waals surface area contributed by atoms with E-state index in [2.05, 4.69) is 5.16 Å². The molecule has 0 saturated carbocycles. The number of benzene rings is 1. The molecule has 0 aliphatic carbocycles. The maximum atomic E-state index is 12.5. The van der Waals surface area contributed by atoms with Crippen LogP contribution in [0.1, 0.15) is 55.1 Å². The number of esters is 1. The van der Waals surface area contributed by atoms with Gasteiger partial charge in [0, 0.05) is 11.8 Å². The van der Waals surface area contributed by atoms with Gasteiger partial charge in [-0.05, 0) is 19.4 Å². The average molecular weight is 415 g/mol. The van der Waals surface area contributed by atoms with Gasteiger partial charge in [0.1, 0.15) is 5.76 Å². The predicted octanol–water partition coefficient (Wildman–Crippen LogP) is 3.71. The zero-order chi connectivity index (χ0) is 21.8. The van der Waals surface area contributed by atoms with Gasteiger partial charge < -0.3 is 23.8 Å². The van der Waals surface area contributed by atoms with Gasteiger partial charge >= 0.3 is 5.97 Å². The molecular weight excluding hydrogens is 386 g/mol. The first-order chi connectivity index (χ1) is 14.2. The molecule has 1 saturated heterocycles. The van der Waals surface area contributed by atoms with Crippen LogP contribution in [0.4, 0.5) is 0 Å². The Bertz CT molecular complexity index is 876. The van der Waals surface area contributed by atoms with E-state index in [0.29, 0.717) is 24.5 Å². The lowest BCUT2D eigenvalue weighted by Crippen LogP contribution is -2.44. The quantitative estimate of drug-likeness (QED) is 0.689. The van der Waals surface area contributed by atoms with Crippen molar-refractivity contribution in [3.63, 3.8) is 0 Å². The maximum absolute atomic E-state index is 12.5. The molecule has 1 aromatic carbocycles. The van der Waals surface area contributed by atoms with Crippen LogP contribution in [-0.4, -0.2) is 42.2 Å². The Kier molecular flexibility index (Phi) is 6.75. The van der Waals surface area contributed by atoms with E-state index in [1.165, 1.54) is 0 Å². The fourth-order valence-electron chi connectivity index (χ4n) is 3.21. The molecule has 1 aliphatic heterocycles. The van der Waals surface area contributed by atoms with Gasteiger partial charge in [-0.2, -0.15) is 0 Å². The summed E-state index contributed by atoms with van der Waals surface area (Å²) >= 11 is 0. The van der Waals surface area contributed by atoms with E-state index in [1.54, 1.807) is 19.9 Å². The number of hydrogen-bond acceptors (Lipinski definition) is 7. The van der Waals surface area contributed by atoms with Crippen molar-refractivity contribution in [2.24, 2.45) is 5.41 Å². The third-order valence-electron chi connectivity index (χ3n) is 4.87. The van der Waals surface area contributed by atoms with Crippen molar-refractivity contribution >= 4 is 12.0 Å². The number of carbonyl (C=O) groups is 1. The molecule has 2 heterocycles. The van der Waals surface area contributed by atoms with Crippen LogP contribution in [0.15, 0.2) is 40.9 Å². The largest absolute Gasteiger partial charge is 0.461 e. The third-order valence-corrected chi connectivity index (χ3v) is 4.87. The Morgan fingerprint density at radius 2 is 1.90 bits per heavy atom. The van der Waals surface area contributed by atoms with Crippen molar-refractivity contribution in [2.75, 3.05) is 19.8 Å². The molecule has 30 heavy (non-hydrogen) atoms. The lowest BCUT2D eigenvalue weighted by atomic mass is 9.92. The second-order valence-corrected chi connectivity index (χ2v) is 8.28. The van der Waals surface area contributed by atoms with Gasteiger partial charge in [-0.25, -0.2) is 4.79 Å². The lowest BCUT2D eigenvalue weighted by molar-refractivity contribution is -0.298. The number of rotatable bonds is 7. The standard InChI is InChI=1S/C23H29NO6/c1-5-27-21(26)20-19(23(4)28-14-22(2,3)15-29-23)18(30-24-20)13-17(25)12-11-16-9-7-6-8-10-16/h6-12,17,25H,5,13-15H2,1-4H3/b12-11+. The van der Waals surface area contributed by atoms with Crippen LogP contribution < -0.4 is 0 Å². The Labute approximate surface area is 176 Å². The van der Waals surface area contributed by atoms with Gasteiger partial charge in [0.2, 0.25) is 0 Å². The van der Waals surface area contributed by atoms with Crippen molar-refractivity contribution in [1.82, 2.24) is 5.16 Å². The topological polar surface area (TPSA) is 91.0 Å². The van der Waals surface area contributed by atoms with Crippen LogP contribution >= 0.6 is 0 Å². The Balaban J connectivity index is 1.87. The molecule has 7 heteroatoms. The first-order valence-electron chi connectivity index (χ1n) is 10.1. The Morgan fingerprint density at radius 1 is 1.23 bits per heavy atom. The van der Waals surface area contributed by atoms with E-state index in [0.717, 1.165) is 5.56 Å². The van der Waals surface area contributed by atoms with Crippen LogP contribution in [0.2, 0.25) is 0 Å². The Morgan fingerprint density at radius 3 is 2.53 bits per heavy atom. The molecule has 0 bridgehead atoms. The molecule has 0 spiro atoms. The molecular formula is C23H29NO6. The molecule has 1 fully saturated rings. The second kappa shape index (κ2) is 9.12. The summed E-state index contributed by atoms with van der Waals surface area (Å²) in [4.78, 5) is 12.5. The van der Waals surface area contributed by atoms with Gasteiger partial charge in [-0.3, -0.25) is 0 Å². The molecule has 0 radical (unpaired) electrons. The first-order valence-corrected chi connectivity index (χ1v) is 10.1. The summed E-state index contributed by atoms with van der Waals surface area (Å²) in [6.07, 6.45) is 2.75. The van der Waals surface area contributed by atoms with Gasteiger partial charge in [0.05, 0.1) is 31.5 Å². The summed E-state index contributed by atoms with van der Waals surface area (Å²) in [7, 11) is 0. The van der Waals surface area contributed by atoms with E-state index in [1.807, 2.05) is 50.3 Å². The van der Waals surface area contributed by atoms with E-state index in [4.69, 9.17) is 18.7 Å². The van der Waals surface area contributed by atoms with Gasteiger partial charge in [-0.15, -0.1) is 0 Å². The molecule has 1 N–H and O–H groups in total. The summed E-state index contributed by atoms with van der Waals surface area (Å²) in [5.74, 6) is -1.52. The van der Waals surface area contributed by atoms with Crippen molar-refractivity contribution < 1.29 is 28.6 Å². The van der Waals surface area contributed by atoms with E-state index >= 15 is 0 Å². The smallest absolute Gasteiger partial charge is 0.361 e. The van der Waals surface area contributed by atoms with Crippen LogP contribution in [0, 0.1) is 5.41 Å². The molecule has 1 aromatic heterocycles. The van der Waals surface area contributed by atoms with Crippen LogP contribution in [0.25, 0.3) is 6.08 Å². The zero-order valence-corrected chi connectivity index (χ0v) is 17.9. The van der Waals surface area contributed by atoms with Gasteiger partial charge in [0.25, 0.3) is 0 Å². The molecule has 2 aromatic rings. The second-order valence-electron chi connectivity index (χ2n) is 8.28. The molecule has 1 atom stereocenters. The maximum Gasteiger partial charge on any atom is 0.361 e. The molecule has 1 unspecified atom stereocenters. The Hall–Kier alpha value is -2.48. The zero-order valence-electron chi connectivity index (χ0n) is 17.9. The van der Waals surface area contributed by atoms with E-state index in [-0.39, 0.29) is 24.1 Å². The number of carbonyl (C=O) groups excluding carboxylic acids is 1. The minimum atomic E-state index is -1.23. The van der Waals surface area contributed by atoms with E-state index in [9.17, 15) is 9.90 Å². The number of aliphatic hydroxyl groups excluding tert-OH is 1. The summed E-state index contributed by atoms with van der Waals surface area (Å²) in [6, 6.07) is 9.65. The first kappa shape index (κ1) is 22.2. The number of aliphatic hydroxyl groups is 1. The molecule has 0 amide bonds. The number of aromatic nitrogens is 1. The van der Waals surface area contributed by atoms with Crippen LogP contribution in [-0.2, 0) is 26.4 Å². The van der Waals surface area contributed by atoms with Gasteiger partial charge in [-0.1, -0.05) is 61.5 Å². The summed E-state index contributed by atoms with van der Waals surface area (Å²) in [5.41, 5.74) is 1.19. The highest BCUT2D eigenvalue weighted by Gasteiger charge is 2.45. The summed E-state index contributed by atoms with van der Waals surface area (Å²) in [5, 5.41) is 14.5. The lowest BCUT2D eigenvalue weighted by Gasteiger charge is -2.41. The summed E-state index contributed by atoms with van der Waals surface area (Å²) < 4.78 is 22.6. The number of ether oxygens (including phenoxy) is 3. The molecule has 162 valence electrons. The minimum absolute atomic E-state index is 0.00768. The number of hydrogen-bond donors (Lipinski definition) is 1. The SMILES string of the molecule is CCOC(=O)c1noc(CC(O)/C=C/c2ccccc2)c1C1(C)OCC(C)(C)CO1. The average Bonchev–Trinajstić information content (AvgIpc) is 3.14. The predicted molar refractivity (Wildman–Crippen MR) is 111 cm³/mol. The van der Waals surface area contributed by atoms with Crippen LogP contribution in [0.3, 0.4) is 0 Å². The molecule has 1 aliphatic rings. The number of nitrogens with zero attached hydrogens (tertiary/aromatic N) is 1. The monoisotopic (exact) mass is 415 g/mol. The highest BCUT2D eigenvalue weighted by atomic mass is 16.7. The highest BCUT2D eigenvalue weighted by Crippen LogP contribution is 2.39. The third kappa shape index (κ3) is 5.16. The highest BCUT2D eigenvalue weighted by molar-refractivity contribution is 5.89. The summed E-state index contributed by atoms with van der Waals surface area (Å²) in [6.45, 7) is 8.59.